The molecular formula is C13H23N2O3S-. The van der Waals surface area contributed by atoms with Crippen molar-refractivity contribution < 1.29 is 14.7 Å². The van der Waals surface area contributed by atoms with Gasteiger partial charge < -0.3 is 20.1 Å². The predicted octanol–water partition coefficient (Wildman–Crippen LogP) is 0.546. The number of aliphatic carboxylic acids is 1. The molecular weight excluding hydrogens is 264 g/mol. The quantitative estimate of drug-likeness (QED) is 0.801. The summed E-state index contributed by atoms with van der Waals surface area (Å²) in [5.74, 6) is 0.399. The third kappa shape index (κ3) is 5.30. The van der Waals surface area contributed by atoms with E-state index in [1.54, 1.807) is 16.7 Å². The number of thioether (sulfide) groups is 1. The highest BCUT2D eigenvalue weighted by Gasteiger charge is 2.26. The van der Waals surface area contributed by atoms with Gasteiger partial charge in [-0.3, -0.25) is 0 Å². The first kappa shape index (κ1) is 16.1. The van der Waals surface area contributed by atoms with E-state index in [0.29, 0.717) is 37.1 Å². The Bertz CT molecular complexity index is 315. The maximum absolute atomic E-state index is 12.1. The summed E-state index contributed by atoms with van der Waals surface area (Å²) < 4.78 is 0. The number of nitrogens with zero attached hydrogens (tertiary/aromatic N) is 1. The highest BCUT2D eigenvalue weighted by atomic mass is 32.2. The van der Waals surface area contributed by atoms with E-state index >= 15 is 0 Å². The van der Waals surface area contributed by atoms with Crippen molar-refractivity contribution in [2.24, 2.45) is 11.8 Å². The molecule has 0 radical (unpaired) electrons. The van der Waals surface area contributed by atoms with Gasteiger partial charge in [-0.25, -0.2) is 4.79 Å². The lowest BCUT2D eigenvalue weighted by molar-refractivity contribution is -0.308. The van der Waals surface area contributed by atoms with Crippen LogP contribution in [0.15, 0.2) is 0 Å². The molecule has 19 heavy (non-hydrogen) atoms. The summed E-state index contributed by atoms with van der Waals surface area (Å²) in [6.45, 7) is 5.61. The molecule has 1 saturated heterocycles. The Labute approximate surface area is 119 Å². The number of urea groups is 1. The average Bonchev–Trinajstić information content (AvgIpc) is 2.32. The van der Waals surface area contributed by atoms with Crippen LogP contribution in [0.3, 0.4) is 0 Å². The third-order valence-corrected chi connectivity index (χ3v) is 3.99. The second-order valence-electron chi connectivity index (χ2n) is 5.45. The molecule has 3 atom stereocenters. The van der Waals surface area contributed by atoms with Gasteiger partial charge in [0, 0.05) is 13.1 Å². The summed E-state index contributed by atoms with van der Waals surface area (Å²) in [6, 6.07) is -1.18. The van der Waals surface area contributed by atoms with Gasteiger partial charge in [0.2, 0.25) is 0 Å². The van der Waals surface area contributed by atoms with E-state index in [9.17, 15) is 14.7 Å². The number of carboxylic acid groups (broad SMARTS) is 1. The SMILES string of the molecule is CSCC[C@H](NC(=O)N1C[C@H](C)C[C@@H](C)C1)C(=O)[O-]. The zero-order valence-corrected chi connectivity index (χ0v) is 12.7. The number of amides is 2. The topological polar surface area (TPSA) is 72.5 Å². The summed E-state index contributed by atoms with van der Waals surface area (Å²) in [5, 5.41) is 13.6. The maximum Gasteiger partial charge on any atom is 0.317 e. The van der Waals surface area contributed by atoms with E-state index in [0.717, 1.165) is 6.42 Å². The van der Waals surface area contributed by atoms with Crippen molar-refractivity contribution in [3.63, 3.8) is 0 Å². The molecule has 0 saturated carbocycles. The van der Waals surface area contributed by atoms with E-state index in [4.69, 9.17) is 0 Å². The molecule has 6 heteroatoms. The molecule has 0 aromatic carbocycles. The Morgan fingerprint density at radius 2 is 1.95 bits per heavy atom. The van der Waals surface area contributed by atoms with Crippen LogP contribution >= 0.6 is 11.8 Å². The first-order valence-corrected chi connectivity index (χ1v) is 8.08. The molecule has 0 unspecified atom stereocenters. The van der Waals surface area contributed by atoms with Crippen molar-refractivity contribution in [1.29, 1.82) is 0 Å². The number of likely N-dealkylation sites (tertiary alicyclic amines) is 1. The van der Waals surface area contributed by atoms with Gasteiger partial charge in [-0.05, 0) is 36.7 Å². The fourth-order valence-electron chi connectivity index (χ4n) is 2.55. The summed E-state index contributed by atoms with van der Waals surface area (Å²) >= 11 is 1.55. The van der Waals surface area contributed by atoms with Crippen molar-refractivity contribution in [3.8, 4) is 0 Å². The first-order chi connectivity index (χ1) is 8.93. The Hall–Kier alpha value is -0.910. The largest absolute Gasteiger partial charge is 0.548 e. The van der Waals surface area contributed by atoms with Crippen LogP contribution in [0.2, 0.25) is 0 Å². The van der Waals surface area contributed by atoms with Gasteiger partial charge in [0.25, 0.3) is 0 Å². The molecule has 0 aromatic rings. The maximum atomic E-state index is 12.1. The number of piperidine rings is 1. The molecule has 5 nitrogen and oxygen atoms in total. The molecule has 1 heterocycles. The molecule has 1 N–H and O–H groups in total. The van der Waals surface area contributed by atoms with Crippen molar-refractivity contribution in [2.75, 3.05) is 25.1 Å². The first-order valence-electron chi connectivity index (χ1n) is 6.69. The number of nitrogens with one attached hydrogen (secondary N) is 1. The van der Waals surface area contributed by atoms with Crippen LogP contribution in [-0.2, 0) is 4.79 Å². The van der Waals surface area contributed by atoms with Crippen molar-refractivity contribution in [3.05, 3.63) is 0 Å². The van der Waals surface area contributed by atoms with E-state index in [2.05, 4.69) is 19.2 Å². The predicted molar refractivity (Wildman–Crippen MR) is 74.8 cm³/mol. The summed E-state index contributed by atoms with van der Waals surface area (Å²) in [5.41, 5.74) is 0. The lowest BCUT2D eigenvalue weighted by Gasteiger charge is -2.36. The number of carbonyl (C=O) groups excluding carboxylic acids is 2. The minimum atomic E-state index is -1.21. The van der Waals surface area contributed by atoms with E-state index in [-0.39, 0.29) is 6.03 Å². The Morgan fingerprint density at radius 3 is 2.42 bits per heavy atom. The van der Waals surface area contributed by atoms with Gasteiger partial charge in [-0.1, -0.05) is 13.8 Å². The molecule has 2 amide bonds. The van der Waals surface area contributed by atoms with Gasteiger partial charge in [0.1, 0.15) is 0 Å². The molecule has 0 spiro atoms. The standard InChI is InChI=1S/C13H24N2O3S/c1-9-6-10(2)8-15(7-9)13(18)14-11(12(16)17)4-5-19-3/h9-11H,4-8H2,1-3H3,(H,14,18)(H,16,17)/p-1/t9-,10-,11+/m1/s1. The fraction of sp³-hybridized carbons (Fsp3) is 0.846. The Balaban J connectivity index is 2.53. The van der Waals surface area contributed by atoms with Crippen LogP contribution in [0.25, 0.3) is 0 Å². The molecule has 1 rings (SSSR count). The van der Waals surface area contributed by atoms with Crippen LogP contribution in [-0.4, -0.2) is 48.0 Å². The number of carboxylic acids is 1. The Kier molecular flexibility index (Phi) is 6.48. The molecule has 0 bridgehead atoms. The van der Waals surface area contributed by atoms with Crippen LogP contribution < -0.4 is 10.4 Å². The van der Waals surface area contributed by atoms with Gasteiger partial charge in [-0.2, -0.15) is 11.8 Å². The van der Waals surface area contributed by atoms with Crippen molar-refractivity contribution in [1.82, 2.24) is 10.2 Å². The number of rotatable bonds is 5. The average molecular weight is 287 g/mol. The number of carbonyl (C=O) groups is 2. The van der Waals surface area contributed by atoms with E-state index in [1.807, 2.05) is 6.26 Å². The minimum absolute atomic E-state index is 0.284. The zero-order chi connectivity index (χ0) is 14.4. The second-order valence-corrected chi connectivity index (χ2v) is 6.44. The van der Waals surface area contributed by atoms with Crippen LogP contribution in [0.4, 0.5) is 4.79 Å². The van der Waals surface area contributed by atoms with Gasteiger partial charge in [-0.15, -0.1) is 0 Å². The highest BCUT2D eigenvalue weighted by Crippen LogP contribution is 2.20. The Morgan fingerprint density at radius 1 is 1.37 bits per heavy atom. The zero-order valence-electron chi connectivity index (χ0n) is 11.8. The van der Waals surface area contributed by atoms with Crippen LogP contribution in [0, 0.1) is 11.8 Å². The van der Waals surface area contributed by atoms with Gasteiger partial charge >= 0.3 is 6.03 Å². The van der Waals surface area contributed by atoms with Gasteiger partial charge in [0.15, 0.2) is 0 Å². The fourth-order valence-corrected chi connectivity index (χ4v) is 3.03. The monoisotopic (exact) mass is 287 g/mol. The summed E-state index contributed by atoms with van der Waals surface area (Å²) in [4.78, 5) is 24.8. The van der Waals surface area contributed by atoms with Gasteiger partial charge in [0.05, 0.1) is 12.0 Å². The molecule has 1 aliphatic rings. The summed E-state index contributed by atoms with van der Waals surface area (Å²) in [6.07, 6.45) is 3.41. The second kappa shape index (κ2) is 7.62. The van der Waals surface area contributed by atoms with Crippen LogP contribution in [0.5, 0.6) is 0 Å². The van der Waals surface area contributed by atoms with Crippen molar-refractivity contribution in [2.45, 2.75) is 32.7 Å². The summed E-state index contributed by atoms with van der Waals surface area (Å²) in [7, 11) is 0. The highest BCUT2D eigenvalue weighted by molar-refractivity contribution is 7.98. The normalized spacial score (nSPS) is 24.9. The smallest absolute Gasteiger partial charge is 0.317 e. The third-order valence-electron chi connectivity index (χ3n) is 3.35. The lowest BCUT2D eigenvalue weighted by atomic mass is 9.92. The number of hydrogen-bond acceptors (Lipinski definition) is 4. The number of hydrogen-bond donors (Lipinski definition) is 1. The van der Waals surface area contributed by atoms with Crippen molar-refractivity contribution >= 4 is 23.8 Å². The minimum Gasteiger partial charge on any atom is -0.548 e. The molecule has 0 aromatic heterocycles. The molecule has 0 aliphatic carbocycles. The lowest BCUT2D eigenvalue weighted by Crippen LogP contribution is -2.54. The van der Waals surface area contributed by atoms with E-state index < -0.39 is 12.0 Å². The molecule has 110 valence electrons. The van der Waals surface area contributed by atoms with Crippen LogP contribution in [0.1, 0.15) is 26.7 Å². The van der Waals surface area contributed by atoms with E-state index in [1.165, 1.54) is 0 Å². The molecule has 1 fully saturated rings. The molecule has 1 aliphatic heterocycles.